The number of rotatable bonds is 5. The van der Waals surface area contributed by atoms with Crippen molar-refractivity contribution < 1.29 is 4.79 Å². The van der Waals surface area contributed by atoms with Gasteiger partial charge in [0.2, 0.25) is 5.91 Å². The summed E-state index contributed by atoms with van der Waals surface area (Å²) in [5.41, 5.74) is 4.51. The van der Waals surface area contributed by atoms with E-state index in [-0.39, 0.29) is 11.8 Å². The molecule has 7 heteroatoms. The van der Waals surface area contributed by atoms with Crippen LogP contribution in [0.3, 0.4) is 0 Å². The summed E-state index contributed by atoms with van der Waals surface area (Å²) >= 11 is 0. The molecule has 5 rings (SSSR count). The predicted octanol–water partition coefficient (Wildman–Crippen LogP) is 2.90. The van der Waals surface area contributed by atoms with Crippen molar-refractivity contribution in [1.29, 1.82) is 0 Å². The van der Waals surface area contributed by atoms with Gasteiger partial charge in [0.1, 0.15) is 5.82 Å². The molecule has 1 fully saturated rings. The van der Waals surface area contributed by atoms with Gasteiger partial charge in [-0.05, 0) is 32.1 Å². The van der Waals surface area contributed by atoms with Crippen LogP contribution in [-0.4, -0.2) is 38.7 Å². The highest BCUT2D eigenvalue weighted by Crippen LogP contribution is 2.33. The summed E-state index contributed by atoms with van der Waals surface area (Å²) in [6.07, 6.45) is 8.78. The van der Waals surface area contributed by atoms with Crippen molar-refractivity contribution in [2.45, 2.75) is 38.6 Å². The zero-order chi connectivity index (χ0) is 21.2. The third-order valence-corrected chi connectivity index (χ3v) is 6.26. The number of carbonyl (C=O) groups is 1. The highest BCUT2D eigenvalue weighted by molar-refractivity contribution is 5.79. The summed E-state index contributed by atoms with van der Waals surface area (Å²) < 4.78 is 1.75. The first kappa shape index (κ1) is 19.7. The monoisotopic (exact) mass is 416 g/mol. The highest BCUT2D eigenvalue weighted by atomic mass is 16.1. The van der Waals surface area contributed by atoms with Crippen molar-refractivity contribution in [2.24, 2.45) is 13.0 Å². The van der Waals surface area contributed by atoms with Crippen molar-refractivity contribution in [2.75, 3.05) is 18.0 Å². The summed E-state index contributed by atoms with van der Waals surface area (Å²) in [4.78, 5) is 25.1. The Morgan fingerprint density at radius 3 is 2.84 bits per heavy atom. The van der Waals surface area contributed by atoms with Gasteiger partial charge in [0.25, 0.3) is 0 Å². The van der Waals surface area contributed by atoms with Gasteiger partial charge in [-0.15, -0.1) is 0 Å². The molecule has 160 valence electrons. The number of nitrogens with one attached hydrogen (secondary N) is 1. The van der Waals surface area contributed by atoms with E-state index in [1.807, 2.05) is 31.4 Å². The number of amides is 1. The molecule has 1 N–H and O–H groups in total. The van der Waals surface area contributed by atoms with Crippen LogP contribution in [0.2, 0.25) is 0 Å². The fraction of sp³-hybridized carbons (Fsp3) is 0.417. The van der Waals surface area contributed by atoms with Crippen LogP contribution < -0.4 is 10.2 Å². The Hall–Kier alpha value is -3.22. The molecule has 0 spiro atoms. The first-order valence-corrected chi connectivity index (χ1v) is 11.1. The van der Waals surface area contributed by atoms with Gasteiger partial charge in [-0.1, -0.05) is 30.3 Å². The van der Waals surface area contributed by atoms with Gasteiger partial charge in [0.15, 0.2) is 5.82 Å². The number of fused-ring (bicyclic) bond motifs is 1. The van der Waals surface area contributed by atoms with Crippen molar-refractivity contribution in [3.63, 3.8) is 0 Å². The van der Waals surface area contributed by atoms with E-state index in [1.165, 1.54) is 11.3 Å². The SMILES string of the molecule is Cn1cc(CNC(=O)C2CCCN(c3nc(-c4ccccc4)nc4c3CCC4)C2)cn1. The summed E-state index contributed by atoms with van der Waals surface area (Å²) in [5, 5.41) is 7.26. The second kappa shape index (κ2) is 8.49. The van der Waals surface area contributed by atoms with Crippen LogP contribution in [0.15, 0.2) is 42.7 Å². The van der Waals surface area contributed by atoms with Crippen molar-refractivity contribution in [1.82, 2.24) is 25.1 Å². The first-order chi connectivity index (χ1) is 15.2. The minimum atomic E-state index is -0.0300. The predicted molar refractivity (Wildman–Crippen MR) is 119 cm³/mol. The van der Waals surface area contributed by atoms with E-state index in [9.17, 15) is 4.79 Å². The quantitative estimate of drug-likeness (QED) is 0.692. The molecule has 3 aromatic rings. The lowest BCUT2D eigenvalue weighted by atomic mass is 9.96. The number of carbonyl (C=O) groups excluding carboxylic acids is 1. The van der Waals surface area contributed by atoms with E-state index in [4.69, 9.17) is 9.97 Å². The molecule has 0 saturated carbocycles. The molecule has 3 heterocycles. The van der Waals surface area contributed by atoms with Gasteiger partial charge in [0.05, 0.1) is 12.1 Å². The zero-order valence-electron chi connectivity index (χ0n) is 17.9. The van der Waals surface area contributed by atoms with E-state index in [1.54, 1.807) is 10.9 Å². The van der Waals surface area contributed by atoms with E-state index >= 15 is 0 Å². The van der Waals surface area contributed by atoms with Crippen LogP contribution in [0, 0.1) is 5.92 Å². The van der Waals surface area contributed by atoms with E-state index in [2.05, 4.69) is 27.4 Å². The molecule has 1 atom stereocenters. The van der Waals surface area contributed by atoms with Crippen molar-refractivity contribution in [3.8, 4) is 11.4 Å². The summed E-state index contributed by atoms with van der Waals surface area (Å²) in [5.74, 6) is 1.91. The molecule has 0 radical (unpaired) electrons. The average molecular weight is 417 g/mol. The second-order valence-corrected chi connectivity index (χ2v) is 8.54. The van der Waals surface area contributed by atoms with Crippen LogP contribution in [0.4, 0.5) is 5.82 Å². The van der Waals surface area contributed by atoms with Gasteiger partial charge in [-0.25, -0.2) is 9.97 Å². The number of aromatic nitrogens is 4. The Morgan fingerprint density at radius 2 is 2.03 bits per heavy atom. The molecule has 2 aromatic heterocycles. The Balaban J connectivity index is 1.35. The lowest BCUT2D eigenvalue weighted by molar-refractivity contribution is -0.125. The fourth-order valence-electron chi connectivity index (χ4n) is 4.67. The summed E-state index contributed by atoms with van der Waals surface area (Å²) in [6, 6.07) is 10.2. The summed E-state index contributed by atoms with van der Waals surface area (Å²) in [7, 11) is 1.88. The molecule has 2 aliphatic rings. The largest absolute Gasteiger partial charge is 0.355 e. The number of hydrogen-bond acceptors (Lipinski definition) is 5. The Bertz CT molecular complexity index is 1080. The van der Waals surface area contributed by atoms with Gasteiger partial charge < -0.3 is 10.2 Å². The minimum absolute atomic E-state index is 0.0300. The van der Waals surface area contributed by atoms with Gasteiger partial charge in [-0.2, -0.15) is 5.10 Å². The summed E-state index contributed by atoms with van der Waals surface area (Å²) in [6.45, 7) is 2.16. The van der Waals surface area contributed by atoms with E-state index < -0.39 is 0 Å². The number of nitrogens with zero attached hydrogens (tertiary/aromatic N) is 5. The van der Waals surface area contributed by atoms with E-state index in [0.717, 1.165) is 61.4 Å². The highest BCUT2D eigenvalue weighted by Gasteiger charge is 2.30. The number of hydrogen-bond donors (Lipinski definition) is 1. The average Bonchev–Trinajstić information content (AvgIpc) is 3.46. The van der Waals surface area contributed by atoms with Gasteiger partial charge in [-0.3, -0.25) is 9.48 Å². The molecular weight excluding hydrogens is 388 g/mol. The van der Waals surface area contributed by atoms with Crippen LogP contribution in [0.5, 0.6) is 0 Å². The molecule has 31 heavy (non-hydrogen) atoms. The first-order valence-electron chi connectivity index (χ1n) is 11.1. The number of aryl methyl sites for hydroxylation is 2. The molecule has 1 aliphatic carbocycles. The lowest BCUT2D eigenvalue weighted by Gasteiger charge is -2.34. The molecule has 1 saturated heterocycles. The van der Waals surface area contributed by atoms with Crippen LogP contribution in [0.25, 0.3) is 11.4 Å². The molecule has 1 aromatic carbocycles. The standard InChI is InChI=1S/C24H28N6O/c1-29-15-17(14-26-29)13-25-24(31)19-9-6-12-30(16-19)23-20-10-5-11-21(20)27-22(28-23)18-7-3-2-4-8-18/h2-4,7-8,14-15,19H,5-6,9-13,16H2,1H3,(H,25,31). The minimum Gasteiger partial charge on any atom is -0.355 e. The van der Waals surface area contributed by atoms with Gasteiger partial charge in [0, 0.05) is 55.3 Å². The van der Waals surface area contributed by atoms with Gasteiger partial charge >= 0.3 is 0 Å². The molecule has 0 bridgehead atoms. The number of anilines is 1. The second-order valence-electron chi connectivity index (χ2n) is 8.54. The fourth-order valence-corrected chi connectivity index (χ4v) is 4.67. The molecule has 1 unspecified atom stereocenters. The van der Waals surface area contributed by atoms with E-state index in [0.29, 0.717) is 13.1 Å². The lowest BCUT2D eigenvalue weighted by Crippen LogP contribution is -2.43. The maximum atomic E-state index is 12.9. The van der Waals surface area contributed by atoms with Crippen LogP contribution in [0.1, 0.15) is 36.1 Å². The maximum absolute atomic E-state index is 12.9. The van der Waals surface area contributed by atoms with Crippen LogP contribution >= 0.6 is 0 Å². The molecule has 1 aliphatic heterocycles. The molecule has 1 amide bonds. The normalized spacial score (nSPS) is 18.1. The molecule has 7 nitrogen and oxygen atoms in total. The van der Waals surface area contributed by atoms with Crippen LogP contribution in [-0.2, 0) is 31.2 Å². The molecular formula is C24H28N6O. The zero-order valence-corrected chi connectivity index (χ0v) is 17.9. The Kier molecular flexibility index (Phi) is 5.40. The third kappa shape index (κ3) is 4.17. The smallest absolute Gasteiger partial charge is 0.225 e. The maximum Gasteiger partial charge on any atom is 0.225 e. The van der Waals surface area contributed by atoms with Crippen molar-refractivity contribution in [3.05, 3.63) is 59.5 Å². The number of piperidine rings is 1. The third-order valence-electron chi connectivity index (χ3n) is 6.26. The Labute approximate surface area is 182 Å². The van der Waals surface area contributed by atoms with Crippen molar-refractivity contribution >= 4 is 11.7 Å². The topological polar surface area (TPSA) is 75.9 Å². The number of benzene rings is 1. The Morgan fingerprint density at radius 1 is 1.16 bits per heavy atom.